The normalized spacial score (nSPS) is 11.7. The van der Waals surface area contributed by atoms with E-state index in [2.05, 4.69) is 24.0 Å². The Bertz CT molecular complexity index is 907. The van der Waals surface area contributed by atoms with E-state index in [1.54, 1.807) is 19.3 Å². The van der Waals surface area contributed by atoms with Gasteiger partial charge in [-0.05, 0) is 55.7 Å². The number of nitrogens with zero attached hydrogens (tertiary/aromatic N) is 2. The summed E-state index contributed by atoms with van der Waals surface area (Å²) < 4.78 is 5.91. The Morgan fingerprint density at radius 3 is 2.43 bits per heavy atom. The number of rotatable bonds is 7. The van der Waals surface area contributed by atoms with E-state index < -0.39 is 6.10 Å². The van der Waals surface area contributed by atoms with Crippen LogP contribution in [0.5, 0.6) is 5.75 Å². The molecule has 0 radical (unpaired) electrons. The Hall–Kier alpha value is -3.14. The second-order valence-electron chi connectivity index (χ2n) is 7.06. The van der Waals surface area contributed by atoms with Crippen LogP contribution >= 0.6 is 0 Å². The van der Waals surface area contributed by atoms with Gasteiger partial charge < -0.3 is 9.64 Å². The molecule has 2 aromatic carbocycles. The van der Waals surface area contributed by atoms with Crippen LogP contribution in [-0.2, 0) is 17.9 Å². The molecule has 0 aliphatic heterocycles. The molecule has 0 aliphatic carbocycles. The van der Waals surface area contributed by atoms with Gasteiger partial charge in [0, 0.05) is 25.5 Å². The van der Waals surface area contributed by atoms with Gasteiger partial charge in [-0.15, -0.1) is 0 Å². The van der Waals surface area contributed by atoms with Crippen LogP contribution in [0.25, 0.3) is 0 Å². The SMILES string of the molecule is Cc1ccc(OC(C)C(=O)N(Cc2cccnc2)Cc2ccccc2C)cc1. The lowest BCUT2D eigenvalue weighted by Gasteiger charge is -2.27. The number of hydrogen-bond acceptors (Lipinski definition) is 3. The molecule has 1 aromatic heterocycles. The van der Waals surface area contributed by atoms with Crippen LogP contribution in [0.3, 0.4) is 0 Å². The highest BCUT2D eigenvalue weighted by atomic mass is 16.5. The van der Waals surface area contributed by atoms with Gasteiger partial charge in [-0.25, -0.2) is 0 Å². The zero-order valence-electron chi connectivity index (χ0n) is 16.6. The van der Waals surface area contributed by atoms with E-state index in [0.717, 1.165) is 16.7 Å². The fraction of sp³-hybridized carbons (Fsp3) is 0.250. The second-order valence-corrected chi connectivity index (χ2v) is 7.06. The Kier molecular flexibility index (Phi) is 6.43. The first kappa shape index (κ1) is 19.6. The Balaban J connectivity index is 1.78. The predicted octanol–water partition coefficient (Wildman–Crippen LogP) is 4.69. The van der Waals surface area contributed by atoms with Gasteiger partial charge in [-0.3, -0.25) is 9.78 Å². The van der Waals surface area contributed by atoms with Crippen molar-refractivity contribution in [3.8, 4) is 5.75 Å². The highest BCUT2D eigenvalue weighted by Crippen LogP contribution is 2.18. The van der Waals surface area contributed by atoms with Crippen molar-refractivity contribution in [1.82, 2.24) is 9.88 Å². The zero-order chi connectivity index (χ0) is 19.9. The molecule has 0 saturated carbocycles. The van der Waals surface area contributed by atoms with Gasteiger partial charge in [0.1, 0.15) is 5.75 Å². The molecule has 144 valence electrons. The molecule has 1 unspecified atom stereocenters. The van der Waals surface area contributed by atoms with Gasteiger partial charge in [0.15, 0.2) is 6.10 Å². The first-order valence-electron chi connectivity index (χ1n) is 9.48. The number of aryl methyl sites for hydroxylation is 2. The number of hydrogen-bond donors (Lipinski definition) is 0. The van der Waals surface area contributed by atoms with Crippen molar-refractivity contribution in [2.75, 3.05) is 0 Å². The minimum Gasteiger partial charge on any atom is -0.481 e. The number of pyridine rings is 1. The summed E-state index contributed by atoms with van der Waals surface area (Å²) >= 11 is 0. The number of ether oxygens (including phenoxy) is 1. The van der Waals surface area contributed by atoms with E-state index in [9.17, 15) is 4.79 Å². The van der Waals surface area contributed by atoms with Crippen LogP contribution in [0, 0.1) is 13.8 Å². The molecule has 28 heavy (non-hydrogen) atoms. The molecule has 0 spiro atoms. The lowest BCUT2D eigenvalue weighted by molar-refractivity contribution is -0.139. The van der Waals surface area contributed by atoms with Crippen molar-refractivity contribution in [1.29, 1.82) is 0 Å². The average Bonchev–Trinajstić information content (AvgIpc) is 2.71. The molecule has 1 heterocycles. The second kappa shape index (κ2) is 9.18. The molecule has 1 amide bonds. The fourth-order valence-electron chi connectivity index (χ4n) is 3.05. The van der Waals surface area contributed by atoms with Crippen molar-refractivity contribution < 1.29 is 9.53 Å². The summed E-state index contributed by atoms with van der Waals surface area (Å²) in [7, 11) is 0. The van der Waals surface area contributed by atoms with Gasteiger partial charge in [0.25, 0.3) is 5.91 Å². The van der Waals surface area contributed by atoms with Gasteiger partial charge in [-0.1, -0.05) is 48.0 Å². The summed E-state index contributed by atoms with van der Waals surface area (Å²) in [5.41, 5.74) is 4.44. The smallest absolute Gasteiger partial charge is 0.263 e. The number of carbonyl (C=O) groups excluding carboxylic acids is 1. The standard InChI is InChI=1S/C24H26N2O2/c1-18-10-12-23(13-11-18)28-20(3)24(27)26(16-21-8-6-14-25-15-21)17-22-9-5-4-7-19(22)2/h4-15,20H,16-17H2,1-3H3. The monoisotopic (exact) mass is 374 g/mol. The van der Waals surface area contributed by atoms with E-state index in [4.69, 9.17) is 4.74 Å². The molecule has 4 heteroatoms. The third-order valence-corrected chi connectivity index (χ3v) is 4.71. The van der Waals surface area contributed by atoms with E-state index in [1.807, 2.05) is 60.4 Å². The molecule has 0 aliphatic rings. The van der Waals surface area contributed by atoms with Crippen LogP contribution in [0.1, 0.15) is 29.2 Å². The fourth-order valence-corrected chi connectivity index (χ4v) is 3.05. The molecule has 3 aromatic rings. The summed E-state index contributed by atoms with van der Waals surface area (Å²) in [6.45, 7) is 6.91. The third-order valence-electron chi connectivity index (χ3n) is 4.71. The molecule has 4 nitrogen and oxygen atoms in total. The zero-order valence-corrected chi connectivity index (χ0v) is 16.6. The third kappa shape index (κ3) is 5.19. The Morgan fingerprint density at radius 2 is 1.75 bits per heavy atom. The molecule has 3 rings (SSSR count). The number of aromatic nitrogens is 1. The van der Waals surface area contributed by atoms with E-state index in [1.165, 1.54) is 5.56 Å². The highest BCUT2D eigenvalue weighted by Gasteiger charge is 2.23. The van der Waals surface area contributed by atoms with Gasteiger partial charge in [-0.2, -0.15) is 0 Å². The lowest BCUT2D eigenvalue weighted by atomic mass is 10.1. The summed E-state index contributed by atoms with van der Waals surface area (Å²) in [6.07, 6.45) is 2.95. The first-order chi connectivity index (χ1) is 13.5. The number of benzene rings is 2. The largest absolute Gasteiger partial charge is 0.481 e. The van der Waals surface area contributed by atoms with Crippen LogP contribution in [0.4, 0.5) is 0 Å². The number of carbonyl (C=O) groups is 1. The van der Waals surface area contributed by atoms with Crippen LogP contribution in [-0.4, -0.2) is 21.9 Å². The summed E-state index contributed by atoms with van der Waals surface area (Å²) in [5.74, 6) is 0.649. The summed E-state index contributed by atoms with van der Waals surface area (Å²) in [5, 5.41) is 0. The van der Waals surface area contributed by atoms with E-state index in [-0.39, 0.29) is 5.91 Å². The Labute approximate surface area is 166 Å². The van der Waals surface area contributed by atoms with Crippen LogP contribution in [0.2, 0.25) is 0 Å². The summed E-state index contributed by atoms with van der Waals surface area (Å²) in [4.78, 5) is 19.2. The summed E-state index contributed by atoms with van der Waals surface area (Å²) in [6, 6.07) is 19.8. The van der Waals surface area contributed by atoms with Crippen molar-refractivity contribution in [3.63, 3.8) is 0 Å². The van der Waals surface area contributed by atoms with Gasteiger partial charge in [0.2, 0.25) is 0 Å². The molecule has 0 bridgehead atoms. The maximum Gasteiger partial charge on any atom is 0.263 e. The maximum absolute atomic E-state index is 13.2. The molecule has 0 N–H and O–H groups in total. The molecular weight excluding hydrogens is 348 g/mol. The molecule has 0 saturated heterocycles. The van der Waals surface area contributed by atoms with Gasteiger partial charge >= 0.3 is 0 Å². The lowest BCUT2D eigenvalue weighted by Crippen LogP contribution is -2.39. The van der Waals surface area contributed by atoms with Crippen molar-refractivity contribution in [2.24, 2.45) is 0 Å². The first-order valence-corrected chi connectivity index (χ1v) is 9.48. The molecule has 0 fully saturated rings. The minimum absolute atomic E-state index is 0.0484. The van der Waals surface area contributed by atoms with Crippen molar-refractivity contribution in [2.45, 2.75) is 40.0 Å². The average molecular weight is 374 g/mol. The van der Waals surface area contributed by atoms with Crippen LogP contribution < -0.4 is 4.74 Å². The van der Waals surface area contributed by atoms with Crippen LogP contribution in [0.15, 0.2) is 73.1 Å². The predicted molar refractivity (Wildman–Crippen MR) is 111 cm³/mol. The topological polar surface area (TPSA) is 42.4 Å². The number of amides is 1. The maximum atomic E-state index is 13.2. The highest BCUT2D eigenvalue weighted by molar-refractivity contribution is 5.81. The molecule has 1 atom stereocenters. The van der Waals surface area contributed by atoms with E-state index in [0.29, 0.717) is 18.8 Å². The van der Waals surface area contributed by atoms with Crippen molar-refractivity contribution in [3.05, 3.63) is 95.3 Å². The van der Waals surface area contributed by atoms with Gasteiger partial charge in [0.05, 0.1) is 0 Å². The molecular formula is C24H26N2O2. The van der Waals surface area contributed by atoms with Crippen molar-refractivity contribution >= 4 is 5.91 Å². The van der Waals surface area contributed by atoms with E-state index >= 15 is 0 Å². The minimum atomic E-state index is -0.580. The quantitative estimate of drug-likeness (QED) is 0.602. The Morgan fingerprint density at radius 1 is 1.00 bits per heavy atom.